The number of ether oxygens (including phenoxy) is 1. The average Bonchev–Trinajstić information content (AvgIpc) is 2.79. The summed E-state index contributed by atoms with van der Waals surface area (Å²) in [5, 5.41) is 3.42. The van der Waals surface area contributed by atoms with Crippen LogP contribution in [0.4, 0.5) is 0 Å². The molecule has 21 heavy (non-hydrogen) atoms. The summed E-state index contributed by atoms with van der Waals surface area (Å²) in [6.07, 6.45) is 6.64. The summed E-state index contributed by atoms with van der Waals surface area (Å²) in [4.78, 5) is 0. The number of rotatable bonds is 11. The third-order valence-corrected chi connectivity index (χ3v) is 3.75. The van der Waals surface area contributed by atoms with Crippen molar-refractivity contribution in [1.82, 2.24) is 5.32 Å². The molecule has 0 bridgehead atoms. The Balaban J connectivity index is 2.29. The van der Waals surface area contributed by atoms with E-state index < -0.39 is 0 Å². The predicted octanol–water partition coefficient (Wildman–Crippen LogP) is 4.96. The molecule has 3 nitrogen and oxygen atoms in total. The third-order valence-electron chi connectivity index (χ3n) is 3.75. The van der Waals surface area contributed by atoms with Gasteiger partial charge in [0, 0.05) is 18.2 Å². The molecular weight excluding hydrogens is 262 g/mol. The van der Waals surface area contributed by atoms with Crippen molar-refractivity contribution in [3.05, 3.63) is 23.2 Å². The molecule has 0 amide bonds. The molecule has 0 aliphatic heterocycles. The lowest BCUT2D eigenvalue weighted by Gasteiger charge is -2.11. The van der Waals surface area contributed by atoms with Gasteiger partial charge in [0.1, 0.15) is 18.1 Å². The highest BCUT2D eigenvalue weighted by Gasteiger charge is 2.09. The molecule has 1 N–H and O–H groups in total. The van der Waals surface area contributed by atoms with E-state index in [1.807, 2.05) is 6.92 Å². The molecule has 1 atom stereocenters. The highest BCUT2D eigenvalue weighted by atomic mass is 16.5. The summed E-state index contributed by atoms with van der Waals surface area (Å²) in [6, 6.07) is 2.61. The van der Waals surface area contributed by atoms with E-state index in [2.05, 4.69) is 39.1 Å². The monoisotopic (exact) mass is 295 g/mol. The van der Waals surface area contributed by atoms with E-state index in [1.54, 1.807) is 0 Å². The highest BCUT2D eigenvalue weighted by Crippen LogP contribution is 2.17. The van der Waals surface area contributed by atoms with Crippen molar-refractivity contribution in [2.75, 3.05) is 0 Å². The van der Waals surface area contributed by atoms with Crippen molar-refractivity contribution in [2.24, 2.45) is 0 Å². The highest BCUT2D eigenvalue weighted by molar-refractivity contribution is 5.20. The summed E-state index contributed by atoms with van der Waals surface area (Å²) in [5.41, 5.74) is 1.23. The molecule has 0 saturated carbocycles. The normalized spacial score (nSPS) is 13.0. The van der Waals surface area contributed by atoms with Crippen LogP contribution in [0, 0.1) is 6.92 Å². The van der Waals surface area contributed by atoms with Crippen LogP contribution < -0.4 is 5.32 Å². The average molecular weight is 295 g/mol. The Morgan fingerprint density at radius 3 is 2.62 bits per heavy atom. The first-order valence-electron chi connectivity index (χ1n) is 8.46. The van der Waals surface area contributed by atoms with Crippen LogP contribution in [-0.2, 0) is 17.9 Å². The van der Waals surface area contributed by atoms with E-state index >= 15 is 0 Å². The van der Waals surface area contributed by atoms with E-state index in [0.717, 1.165) is 24.5 Å². The van der Waals surface area contributed by atoms with Gasteiger partial charge < -0.3 is 14.5 Å². The van der Waals surface area contributed by atoms with E-state index in [-0.39, 0.29) is 0 Å². The Labute approximate surface area is 130 Å². The lowest BCUT2D eigenvalue weighted by atomic mass is 10.1. The number of hydrogen-bond donors (Lipinski definition) is 1. The van der Waals surface area contributed by atoms with Crippen LogP contribution in [0.1, 0.15) is 76.9 Å². The van der Waals surface area contributed by atoms with Gasteiger partial charge in [-0.2, -0.15) is 0 Å². The fourth-order valence-corrected chi connectivity index (χ4v) is 2.31. The standard InChI is InChI=1S/C18H33NO2/c1-6-7-8-9-10-15(4)20-13-18-11-17(16(5)21-18)12-19-14(2)3/h11,14-15,19H,6-10,12-13H2,1-5H3. The number of aryl methyl sites for hydroxylation is 1. The maximum atomic E-state index is 5.89. The molecule has 0 aliphatic rings. The minimum absolute atomic E-state index is 0.310. The Hall–Kier alpha value is -0.800. The van der Waals surface area contributed by atoms with Crippen molar-refractivity contribution in [3.8, 4) is 0 Å². The summed E-state index contributed by atoms with van der Waals surface area (Å²) >= 11 is 0. The molecule has 1 unspecified atom stereocenters. The maximum Gasteiger partial charge on any atom is 0.130 e. The van der Waals surface area contributed by atoms with E-state index in [4.69, 9.17) is 9.15 Å². The number of unbranched alkanes of at least 4 members (excludes halogenated alkanes) is 3. The van der Waals surface area contributed by atoms with Gasteiger partial charge in [-0.05, 0) is 26.3 Å². The minimum Gasteiger partial charge on any atom is -0.464 e. The van der Waals surface area contributed by atoms with Gasteiger partial charge in [-0.3, -0.25) is 0 Å². The summed E-state index contributed by atoms with van der Waals surface area (Å²) < 4.78 is 11.7. The Kier molecular flexibility index (Phi) is 8.70. The van der Waals surface area contributed by atoms with E-state index in [0.29, 0.717) is 18.8 Å². The number of furan rings is 1. The summed E-state index contributed by atoms with van der Waals surface area (Å²) in [5.74, 6) is 1.94. The fourth-order valence-electron chi connectivity index (χ4n) is 2.31. The smallest absolute Gasteiger partial charge is 0.130 e. The van der Waals surface area contributed by atoms with Crippen LogP contribution >= 0.6 is 0 Å². The first kappa shape index (κ1) is 18.2. The molecule has 0 aromatic carbocycles. The van der Waals surface area contributed by atoms with Gasteiger partial charge in [0.15, 0.2) is 0 Å². The zero-order valence-corrected chi connectivity index (χ0v) is 14.5. The fraction of sp³-hybridized carbons (Fsp3) is 0.778. The Bertz CT molecular complexity index is 385. The van der Waals surface area contributed by atoms with Crippen LogP contribution in [0.15, 0.2) is 10.5 Å². The predicted molar refractivity (Wildman–Crippen MR) is 88.4 cm³/mol. The van der Waals surface area contributed by atoms with Gasteiger partial charge in [-0.15, -0.1) is 0 Å². The molecule has 3 heteroatoms. The zero-order valence-electron chi connectivity index (χ0n) is 14.5. The maximum absolute atomic E-state index is 5.89. The summed E-state index contributed by atoms with van der Waals surface area (Å²) in [6.45, 7) is 12.2. The molecule has 0 spiro atoms. The molecule has 1 aromatic rings. The van der Waals surface area contributed by atoms with Crippen LogP contribution in [0.25, 0.3) is 0 Å². The van der Waals surface area contributed by atoms with Gasteiger partial charge in [-0.1, -0.05) is 46.5 Å². The van der Waals surface area contributed by atoms with Crippen LogP contribution in [0.2, 0.25) is 0 Å². The summed E-state index contributed by atoms with van der Waals surface area (Å²) in [7, 11) is 0. The third kappa shape index (κ3) is 7.68. The second-order valence-corrected chi connectivity index (χ2v) is 6.30. The van der Waals surface area contributed by atoms with Gasteiger partial charge in [0.05, 0.1) is 6.10 Å². The van der Waals surface area contributed by atoms with Crippen LogP contribution in [-0.4, -0.2) is 12.1 Å². The molecule has 0 fully saturated rings. The Morgan fingerprint density at radius 1 is 1.19 bits per heavy atom. The van der Waals surface area contributed by atoms with E-state index in [9.17, 15) is 0 Å². The molecule has 0 radical (unpaired) electrons. The minimum atomic E-state index is 0.310. The number of hydrogen-bond acceptors (Lipinski definition) is 3. The molecule has 0 saturated heterocycles. The zero-order chi connectivity index (χ0) is 15.7. The molecule has 1 rings (SSSR count). The second-order valence-electron chi connectivity index (χ2n) is 6.30. The van der Waals surface area contributed by atoms with Gasteiger partial charge in [-0.25, -0.2) is 0 Å². The van der Waals surface area contributed by atoms with Gasteiger partial charge in [0.25, 0.3) is 0 Å². The SMILES string of the molecule is CCCCCCC(C)OCc1cc(CNC(C)C)c(C)o1. The van der Waals surface area contributed by atoms with Crippen molar-refractivity contribution < 1.29 is 9.15 Å². The van der Waals surface area contributed by atoms with Crippen molar-refractivity contribution >= 4 is 0 Å². The van der Waals surface area contributed by atoms with Gasteiger partial charge in [0.2, 0.25) is 0 Å². The van der Waals surface area contributed by atoms with E-state index in [1.165, 1.54) is 31.2 Å². The topological polar surface area (TPSA) is 34.4 Å². The van der Waals surface area contributed by atoms with Crippen molar-refractivity contribution in [3.63, 3.8) is 0 Å². The molecular formula is C18H33NO2. The largest absolute Gasteiger partial charge is 0.464 e. The van der Waals surface area contributed by atoms with Crippen LogP contribution in [0.5, 0.6) is 0 Å². The second kappa shape index (κ2) is 10.0. The lowest BCUT2D eigenvalue weighted by molar-refractivity contribution is 0.0357. The van der Waals surface area contributed by atoms with Crippen LogP contribution in [0.3, 0.4) is 0 Å². The molecule has 122 valence electrons. The molecule has 0 aliphatic carbocycles. The van der Waals surface area contributed by atoms with Crippen molar-refractivity contribution in [2.45, 2.75) is 92.0 Å². The molecule has 1 aromatic heterocycles. The Morgan fingerprint density at radius 2 is 1.95 bits per heavy atom. The van der Waals surface area contributed by atoms with Crippen molar-refractivity contribution in [1.29, 1.82) is 0 Å². The first-order chi connectivity index (χ1) is 10.0. The molecule has 1 heterocycles. The first-order valence-corrected chi connectivity index (χ1v) is 8.46. The van der Waals surface area contributed by atoms with Gasteiger partial charge >= 0.3 is 0 Å². The number of nitrogens with one attached hydrogen (secondary N) is 1. The lowest BCUT2D eigenvalue weighted by Crippen LogP contribution is -2.21. The quantitative estimate of drug-likeness (QED) is 0.586.